The summed E-state index contributed by atoms with van der Waals surface area (Å²) in [6.45, 7) is 5.40. The van der Waals surface area contributed by atoms with Crippen molar-refractivity contribution in [1.29, 1.82) is 0 Å². The number of amides is 1. The summed E-state index contributed by atoms with van der Waals surface area (Å²) in [5, 5.41) is 11.5. The molecule has 1 amide bonds. The van der Waals surface area contributed by atoms with E-state index < -0.39 is 11.5 Å². The average molecular weight is 257 g/mol. The lowest BCUT2D eigenvalue weighted by atomic mass is 10.0. The number of nitrogens with two attached hydrogens (primary N) is 1. The van der Waals surface area contributed by atoms with Crippen molar-refractivity contribution in [1.82, 2.24) is 10.2 Å². The summed E-state index contributed by atoms with van der Waals surface area (Å²) in [4.78, 5) is 24.5. The first-order valence-corrected chi connectivity index (χ1v) is 6.29. The van der Waals surface area contributed by atoms with Crippen molar-refractivity contribution in [2.24, 2.45) is 5.73 Å². The summed E-state index contributed by atoms with van der Waals surface area (Å²) < 4.78 is 0. The average Bonchev–Trinajstić information content (AvgIpc) is 2.18. The minimum Gasteiger partial charge on any atom is -0.481 e. The highest BCUT2D eigenvalue weighted by Gasteiger charge is 2.25. The highest BCUT2D eigenvalue weighted by Crippen LogP contribution is 2.10. The molecule has 18 heavy (non-hydrogen) atoms. The highest BCUT2D eigenvalue weighted by atomic mass is 16.4. The van der Waals surface area contributed by atoms with Gasteiger partial charge in [0.2, 0.25) is 5.91 Å². The molecule has 0 aromatic carbocycles. The Morgan fingerprint density at radius 3 is 2.44 bits per heavy atom. The van der Waals surface area contributed by atoms with Crippen LogP contribution in [0.2, 0.25) is 0 Å². The number of nitrogens with one attached hydrogen (secondary N) is 1. The Morgan fingerprint density at radius 2 is 1.94 bits per heavy atom. The van der Waals surface area contributed by atoms with Crippen LogP contribution in [0.3, 0.4) is 0 Å². The molecule has 4 N–H and O–H groups in total. The monoisotopic (exact) mass is 257 g/mol. The highest BCUT2D eigenvalue weighted by molar-refractivity contribution is 5.80. The van der Waals surface area contributed by atoms with E-state index in [-0.39, 0.29) is 18.4 Å². The molecule has 1 fully saturated rings. The maximum absolute atomic E-state index is 11.8. The van der Waals surface area contributed by atoms with Gasteiger partial charge in [-0.1, -0.05) is 0 Å². The summed E-state index contributed by atoms with van der Waals surface area (Å²) in [5.74, 6) is -1.04. The van der Waals surface area contributed by atoms with E-state index in [2.05, 4.69) is 10.2 Å². The minimum absolute atomic E-state index is 0.0797. The van der Waals surface area contributed by atoms with Crippen molar-refractivity contribution in [3.05, 3.63) is 0 Å². The lowest BCUT2D eigenvalue weighted by molar-refractivity contribution is -0.138. The molecule has 0 atom stereocenters. The molecule has 0 radical (unpaired) electrons. The fraction of sp³-hybridized carbons (Fsp3) is 0.833. The first-order chi connectivity index (χ1) is 8.28. The quantitative estimate of drug-likeness (QED) is 0.633. The number of hydrogen-bond donors (Lipinski definition) is 3. The second kappa shape index (κ2) is 6.15. The second-order valence-electron chi connectivity index (χ2n) is 5.62. The zero-order chi connectivity index (χ0) is 13.8. The molecule has 1 aliphatic rings. The number of rotatable bonds is 5. The van der Waals surface area contributed by atoms with Crippen LogP contribution in [0.5, 0.6) is 0 Å². The number of carbonyl (C=O) groups is 2. The number of likely N-dealkylation sites (tertiary alicyclic amines) is 1. The summed E-state index contributed by atoms with van der Waals surface area (Å²) in [6.07, 6.45) is 1.74. The molecule has 0 unspecified atom stereocenters. The number of hydrogen-bond acceptors (Lipinski definition) is 4. The van der Waals surface area contributed by atoms with E-state index in [0.717, 1.165) is 25.9 Å². The maximum atomic E-state index is 11.8. The smallest absolute Gasteiger partial charge is 0.305 e. The number of nitrogens with zero attached hydrogens (tertiary/aromatic N) is 1. The summed E-state index contributed by atoms with van der Waals surface area (Å²) in [7, 11) is 0. The summed E-state index contributed by atoms with van der Waals surface area (Å²) >= 11 is 0. The van der Waals surface area contributed by atoms with E-state index in [9.17, 15) is 9.59 Å². The van der Waals surface area contributed by atoms with E-state index >= 15 is 0 Å². The third kappa shape index (κ3) is 5.46. The molecule has 6 heteroatoms. The van der Waals surface area contributed by atoms with Gasteiger partial charge in [0.25, 0.3) is 0 Å². The molecule has 1 heterocycles. The Hall–Kier alpha value is -1.14. The van der Waals surface area contributed by atoms with Crippen LogP contribution in [0, 0.1) is 0 Å². The molecule has 0 aromatic rings. The first-order valence-electron chi connectivity index (χ1n) is 6.29. The third-order valence-corrected chi connectivity index (χ3v) is 3.07. The predicted octanol–water partition coefficient (Wildman–Crippen LogP) is -0.221. The van der Waals surface area contributed by atoms with Crippen LogP contribution in [0.4, 0.5) is 0 Å². The molecular weight excluding hydrogens is 234 g/mol. The molecule has 0 aliphatic carbocycles. The minimum atomic E-state index is -0.913. The van der Waals surface area contributed by atoms with Crippen molar-refractivity contribution < 1.29 is 14.7 Å². The summed E-state index contributed by atoms with van der Waals surface area (Å²) in [5.41, 5.74) is 5.08. The van der Waals surface area contributed by atoms with Gasteiger partial charge in [-0.2, -0.15) is 0 Å². The fourth-order valence-corrected chi connectivity index (χ4v) is 2.15. The fourth-order valence-electron chi connectivity index (χ4n) is 2.15. The van der Waals surface area contributed by atoms with Crippen molar-refractivity contribution >= 4 is 11.9 Å². The van der Waals surface area contributed by atoms with Gasteiger partial charge in [-0.15, -0.1) is 0 Å². The molecule has 6 nitrogen and oxygen atoms in total. The number of carbonyl (C=O) groups excluding carboxylic acids is 1. The van der Waals surface area contributed by atoms with Crippen LogP contribution >= 0.6 is 0 Å². The van der Waals surface area contributed by atoms with Gasteiger partial charge in [0.1, 0.15) is 0 Å². The molecular formula is C12H23N3O3. The van der Waals surface area contributed by atoms with Crippen LogP contribution in [0.25, 0.3) is 0 Å². The lowest BCUT2D eigenvalue weighted by Crippen LogP contribution is -2.50. The van der Waals surface area contributed by atoms with Gasteiger partial charge in [-0.25, -0.2) is 0 Å². The molecule has 1 aliphatic heterocycles. The van der Waals surface area contributed by atoms with Crippen molar-refractivity contribution in [3.8, 4) is 0 Å². The van der Waals surface area contributed by atoms with Gasteiger partial charge in [-0.3, -0.25) is 14.5 Å². The normalized spacial score (nSPS) is 18.6. The molecule has 1 saturated heterocycles. The molecule has 0 spiro atoms. The molecule has 0 aromatic heterocycles. The largest absolute Gasteiger partial charge is 0.481 e. The zero-order valence-electron chi connectivity index (χ0n) is 11.1. The van der Waals surface area contributed by atoms with E-state index in [1.165, 1.54) is 0 Å². The molecule has 1 rings (SSSR count). The first kappa shape index (κ1) is 14.9. The number of carboxylic acid groups (broad SMARTS) is 1. The van der Waals surface area contributed by atoms with Crippen LogP contribution in [-0.4, -0.2) is 53.1 Å². The predicted molar refractivity (Wildman–Crippen MR) is 68.1 cm³/mol. The van der Waals surface area contributed by atoms with E-state index in [0.29, 0.717) is 6.54 Å². The van der Waals surface area contributed by atoms with Gasteiger partial charge >= 0.3 is 5.97 Å². The van der Waals surface area contributed by atoms with Crippen LogP contribution in [-0.2, 0) is 9.59 Å². The number of piperidine rings is 1. The SMILES string of the molecule is CC(C)(CC(=O)O)NC(=O)CN1CCC(N)CC1. The van der Waals surface area contributed by atoms with E-state index in [1.54, 1.807) is 13.8 Å². The Bertz CT molecular complexity index is 310. The van der Waals surface area contributed by atoms with Crippen LogP contribution in [0.1, 0.15) is 33.1 Å². The van der Waals surface area contributed by atoms with E-state index in [1.807, 2.05) is 0 Å². The Labute approximate surface area is 108 Å². The standard InChI is InChI=1S/C12H23N3O3/c1-12(2,7-11(17)18)14-10(16)8-15-5-3-9(13)4-6-15/h9H,3-8,13H2,1-2H3,(H,14,16)(H,17,18). The Balaban J connectivity index is 2.35. The third-order valence-electron chi connectivity index (χ3n) is 3.07. The lowest BCUT2D eigenvalue weighted by Gasteiger charge is -2.31. The van der Waals surface area contributed by atoms with Crippen LogP contribution in [0.15, 0.2) is 0 Å². The van der Waals surface area contributed by atoms with Gasteiger partial charge in [0.05, 0.1) is 13.0 Å². The van der Waals surface area contributed by atoms with Gasteiger partial charge in [0, 0.05) is 24.7 Å². The second-order valence-corrected chi connectivity index (χ2v) is 5.62. The van der Waals surface area contributed by atoms with E-state index in [4.69, 9.17) is 10.8 Å². The Kier molecular flexibility index (Phi) is 5.10. The molecule has 104 valence electrons. The molecule has 0 saturated carbocycles. The van der Waals surface area contributed by atoms with Crippen molar-refractivity contribution in [2.75, 3.05) is 19.6 Å². The Morgan fingerprint density at radius 1 is 1.39 bits per heavy atom. The topological polar surface area (TPSA) is 95.7 Å². The molecule has 0 bridgehead atoms. The van der Waals surface area contributed by atoms with Gasteiger partial charge < -0.3 is 16.2 Å². The van der Waals surface area contributed by atoms with Gasteiger partial charge in [-0.05, 0) is 26.7 Å². The number of carboxylic acids is 1. The number of aliphatic carboxylic acids is 1. The van der Waals surface area contributed by atoms with Crippen LogP contribution < -0.4 is 11.1 Å². The van der Waals surface area contributed by atoms with Crippen molar-refractivity contribution in [2.45, 2.75) is 44.7 Å². The summed E-state index contributed by atoms with van der Waals surface area (Å²) in [6, 6.07) is 0.243. The van der Waals surface area contributed by atoms with Gasteiger partial charge in [0.15, 0.2) is 0 Å². The maximum Gasteiger partial charge on any atom is 0.305 e. The zero-order valence-corrected chi connectivity index (χ0v) is 11.1. The van der Waals surface area contributed by atoms with Crippen molar-refractivity contribution in [3.63, 3.8) is 0 Å².